The van der Waals surface area contributed by atoms with Crippen LogP contribution in [0.3, 0.4) is 0 Å². The maximum absolute atomic E-state index is 2.70. The van der Waals surface area contributed by atoms with Crippen LogP contribution in [0, 0.1) is 0 Å². The molecule has 0 N–H and O–H groups in total. The summed E-state index contributed by atoms with van der Waals surface area (Å²) in [4.78, 5) is 0. The van der Waals surface area contributed by atoms with Crippen LogP contribution in [0.1, 0.15) is 0 Å². The van der Waals surface area contributed by atoms with Gasteiger partial charge in [0, 0.05) is 27.5 Å². The van der Waals surface area contributed by atoms with E-state index in [9.17, 15) is 0 Å². The Hall–Kier alpha value is -6.83. The summed E-state index contributed by atoms with van der Waals surface area (Å²) in [6.45, 7) is 0.121. The Morgan fingerprint density at radius 3 is 1.22 bits per heavy atom. The van der Waals surface area contributed by atoms with Gasteiger partial charge in [-0.1, -0.05) is 187 Å². The zero-order valence-corrected chi connectivity index (χ0v) is 30.0. The first-order valence-electron chi connectivity index (χ1n) is 19.4. The van der Waals surface area contributed by atoms with Gasteiger partial charge in [0.15, 0.2) is 0 Å². The molecular weight excluding hydrogens is 660 g/mol. The van der Waals surface area contributed by atoms with Crippen LogP contribution in [-0.2, 0) is 0 Å². The first kappa shape index (κ1) is 29.6. The van der Waals surface area contributed by atoms with Crippen LogP contribution in [-0.4, -0.2) is 18.0 Å². The number of aromatic nitrogens is 1. The first-order valence-corrected chi connectivity index (χ1v) is 19.4. The van der Waals surface area contributed by atoms with Crippen molar-refractivity contribution in [3.8, 4) is 27.9 Å². The summed E-state index contributed by atoms with van der Waals surface area (Å²) in [7, 11) is 0. The SMILES string of the molecule is c1ccc(-c2ccccc2B2c3cccc4c3-n3c5c2ccc2c6cc7ccccc7cc6c6ccc(c3c6c25)B4c2ccccc2-c2ccccc2)cc1. The maximum Gasteiger partial charge on any atom is 0.247 e. The number of hydrogen-bond donors (Lipinski definition) is 0. The minimum Gasteiger partial charge on any atom is -0.311 e. The van der Waals surface area contributed by atoms with E-state index in [1.165, 1.54) is 115 Å². The molecule has 1 nitrogen and oxygen atoms in total. The largest absolute Gasteiger partial charge is 0.311 e. The predicted molar refractivity (Wildman–Crippen MR) is 238 cm³/mol. The molecule has 0 amide bonds. The molecule has 0 bridgehead atoms. The highest BCUT2D eigenvalue weighted by atomic mass is 15.0. The molecule has 0 atom stereocenters. The van der Waals surface area contributed by atoms with Crippen molar-refractivity contribution in [1.82, 2.24) is 4.57 Å². The second-order valence-electron chi connectivity index (χ2n) is 15.5. The quantitative estimate of drug-likeness (QED) is 0.0990. The van der Waals surface area contributed by atoms with Crippen LogP contribution in [0.4, 0.5) is 0 Å². The Morgan fingerprint density at radius 1 is 0.309 bits per heavy atom. The molecule has 2 aliphatic rings. The highest BCUT2D eigenvalue weighted by molar-refractivity contribution is 7.02. The van der Waals surface area contributed by atoms with Gasteiger partial charge in [-0.2, -0.15) is 0 Å². The molecule has 250 valence electrons. The molecule has 13 rings (SSSR count). The lowest BCUT2D eigenvalue weighted by Gasteiger charge is -2.35. The zero-order valence-electron chi connectivity index (χ0n) is 30.0. The van der Waals surface area contributed by atoms with Gasteiger partial charge in [0.05, 0.1) is 0 Å². The van der Waals surface area contributed by atoms with Gasteiger partial charge >= 0.3 is 0 Å². The minimum atomic E-state index is 0.0604. The Labute approximate surface area is 319 Å². The standard InChI is InChI=1S/C52H31B2N/c1-3-14-32(15-4-1)36-20-9-11-22-42(36)53-44-24-13-25-45-50(44)55-51-46(53)28-26-38-40-30-34-18-7-8-19-35(34)31-41(40)39-27-29-47(52(55)49(39)48(38)51)54(45)43-23-12-10-21-37(43)33-16-5-2-6-17-33/h1-31H. The Morgan fingerprint density at radius 2 is 0.727 bits per heavy atom. The summed E-state index contributed by atoms with van der Waals surface area (Å²) in [6, 6.07) is 70.8. The second kappa shape index (κ2) is 10.9. The predicted octanol–water partition coefficient (Wildman–Crippen LogP) is 8.67. The molecule has 0 aliphatic carbocycles. The van der Waals surface area contributed by atoms with Crippen LogP contribution >= 0.6 is 0 Å². The Kier molecular flexibility index (Phi) is 5.85. The average molecular weight is 691 g/mol. The van der Waals surface area contributed by atoms with Crippen molar-refractivity contribution in [3.05, 3.63) is 188 Å². The fourth-order valence-corrected chi connectivity index (χ4v) is 10.7. The molecule has 3 heterocycles. The lowest BCUT2D eigenvalue weighted by Crippen LogP contribution is -2.63. The number of fused-ring (bicyclic) bond motifs is 4. The van der Waals surface area contributed by atoms with Gasteiger partial charge in [-0.3, -0.25) is 0 Å². The number of para-hydroxylation sites is 1. The zero-order chi connectivity index (χ0) is 35.8. The van der Waals surface area contributed by atoms with Crippen molar-refractivity contribution in [3.63, 3.8) is 0 Å². The van der Waals surface area contributed by atoms with Crippen molar-refractivity contribution in [2.24, 2.45) is 0 Å². The molecule has 11 aromatic rings. The van der Waals surface area contributed by atoms with E-state index in [-0.39, 0.29) is 13.4 Å². The van der Waals surface area contributed by atoms with Gasteiger partial charge in [0.1, 0.15) is 0 Å². The van der Waals surface area contributed by atoms with Crippen LogP contribution in [0.25, 0.3) is 82.1 Å². The minimum absolute atomic E-state index is 0.0604. The van der Waals surface area contributed by atoms with Crippen molar-refractivity contribution in [2.45, 2.75) is 0 Å². The lowest BCUT2D eigenvalue weighted by molar-refractivity contribution is 1.20. The van der Waals surface area contributed by atoms with Crippen molar-refractivity contribution in [1.29, 1.82) is 0 Å². The topological polar surface area (TPSA) is 4.93 Å². The van der Waals surface area contributed by atoms with E-state index in [0.717, 1.165) is 0 Å². The van der Waals surface area contributed by atoms with Gasteiger partial charge in [0.2, 0.25) is 13.4 Å². The van der Waals surface area contributed by atoms with E-state index in [4.69, 9.17) is 0 Å². The summed E-state index contributed by atoms with van der Waals surface area (Å²) in [6.07, 6.45) is 0. The summed E-state index contributed by atoms with van der Waals surface area (Å²) < 4.78 is 2.70. The molecule has 0 unspecified atom stereocenters. The number of rotatable bonds is 4. The number of hydrogen-bond acceptors (Lipinski definition) is 0. The monoisotopic (exact) mass is 691 g/mol. The number of nitrogens with zero attached hydrogens (tertiary/aromatic N) is 1. The van der Waals surface area contributed by atoms with Gasteiger partial charge in [-0.15, -0.1) is 0 Å². The van der Waals surface area contributed by atoms with E-state index >= 15 is 0 Å². The van der Waals surface area contributed by atoms with Crippen LogP contribution < -0.4 is 32.8 Å². The van der Waals surface area contributed by atoms with E-state index in [1.54, 1.807) is 0 Å². The fraction of sp³-hybridized carbons (Fsp3) is 0. The summed E-state index contributed by atoms with van der Waals surface area (Å²) in [5.41, 5.74) is 17.4. The third kappa shape index (κ3) is 3.85. The van der Waals surface area contributed by atoms with Crippen molar-refractivity contribution >= 4 is 100 Å². The summed E-state index contributed by atoms with van der Waals surface area (Å²) in [5.74, 6) is 0. The fourth-order valence-electron chi connectivity index (χ4n) is 10.7. The Bertz CT molecular complexity index is 3160. The molecule has 0 fully saturated rings. The highest BCUT2D eigenvalue weighted by Crippen LogP contribution is 2.45. The molecule has 0 saturated heterocycles. The van der Waals surface area contributed by atoms with E-state index in [1.807, 2.05) is 0 Å². The van der Waals surface area contributed by atoms with Crippen molar-refractivity contribution < 1.29 is 0 Å². The van der Waals surface area contributed by atoms with Crippen LogP contribution in [0.5, 0.6) is 0 Å². The highest BCUT2D eigenvalue weighted by Gasteiger charge is 2.43. The summed E-state index contributed by atoms with van der Waals surface area (Å²) >= 11 is 0. The van der Waals surface area contributed by atoms with E-state index in [2.05, 4.69) is 193 Å². The second-order valence-corrected chi connectivity index (χ2v) is 15.5. The van der Waals surface area contributed by atoms with Crippen molar-refractivity contribution in [2.75, 3.05) is 0 Å². The molecule has 0 radical (unpaired) electrons. The normalized spacial score (nSPS) is 13.0. The van der Waals surface area contributed by atoms with Gasteiger partial charge in [0.25, 0.3) is 0 Å². The van der Waals surface area contributed by atoms with Gasteiger partial charge < -0.3 is 4.57 Å². The first-order chi connectivity index (χ1) is 27.3. The molecule has 2 aliphatic heterocycles. The van der Waals surface area contributed by atoms with E-state index < -0.39 is 0 Å². The molecule has 3 heteroatoms. The van der Waals surface area contributed by atoms with Crippen LogP contribution in [0.15, 0.2) is 188 Å². The molecule has 55 heavy (non-hydrogen) atoms. The summed E-state index contributed by atoms with van der Waals surface area (Å²) in [5, 5.41) is 10.7. The van der Waals surface area contributed by atoms with E-state index in [0.29, 0.717) is 0 Å². The molecule has 0 saturated carbocycles. The number of benzene rings is 10. The van der Waals surface area contributed by atoms with Gasteiger partial charge in [-0.05, 0) is 88.6 Å². The molecule has 10 aromatic carbocycles. The van der Waals surface area contributed by atoms with Gasteiger partial charge in [-0.25, -0.2) is 0 Å². The Balaban J connectivity index is 1.23. The maximum atomic E-state index is 2.70. The third-order valence-electron chi connectivity index (χ3n) is 12.9. The molecular formula is C52H31B2N. The lowest BCUT2D eigenvalue weighted by atomic mass is 9.31. The molecule has 0 spiro atoms. The smallest absolute Gasteiger partial charge is 0.247 e. The third-order valence-corrected chi connectivity index (χ3v) is 12.9. The average Bonchev–Trinajstić information content (AvgIpc) is 3.62. The van der Waals surface area contributed by atoms with Crippen LogP contribution in [0.2, 0.25) is 0 Å². The molecule has 1 aromatic heterocycles.